The number of phenols is 1. The minimum absolute atomic E-state index is 0.0640. The first-order valence-corrected chi connectivity index (χ1v) is 14.3. The largest absolute Gasteiger partial charge is 0.508 e. The second-order valence-electron chi connectivity index (χ2n) is 12.7. The lowest BCUT2D eigenvalue weighted by Crippen LogP contribution is -2.75. The van der Waals surface area contributed by atoms with Crippen LogP contribution < -0.4 is 0 Å². The Labute approximate surface area is 244 Å². The van der Waals surface area contributed by atoms with Crippen molar-refractivity contribution in [1.82, 2.24) is 0 Å². The van der Waals surface area contributed by atoms with Gasteiger partial charge in [-0.2, -0.15) is 0 Å². The molecule has 1 aromatic rings. The molecule has 0 radical (unpaired) electrons. The van der Waals surface area contributed by atoms with Gasteiger partial charge in [0.05, 0.1) is 29.8 Å². The maximum Gasteiger partial charge on any atom is 0.308 e. The van der Waals surface area contributed by atoms with Crippen LogP contribution in [0.25, 0.3) is 5.76 Å². The van der Waals surface area contributed by atoms with Gasteiger partial charge in [-0.25, -0.2) is 0 Å². The van der Waals surface area contributed by atoms with E-state index in [1.807, 2.05) is 0 Å². The zero-order chi connectivity index (χ0) is 31.9. The highest BCUT2D eigenvalue weighted by atomic mass is 16.5. The van der Waals surface area contributed by atoms with E-state index < -0.39 is 92.2 Å². The van der Waals surface area contributed by atoms with E-state index in [0.717, 1.165) is 6.92 Å². The van der Waals surface area contributed by atoms with Crippen molar-refractivity contribution in [1.29, 1.82) is 0 Å². The minimum atomic E-state index is -2.94. The third-order valence-corrected chi connectivity index (χ3v) is 10.1. The lowest BCUT2D eigenvalue weighted by Gasteiger charge is -2.63. The van der Waals surface area contributed by atoms with Gasteiger partial charge >= 0.3 is 5.97 Å². The average molecular weight is 585 g/mol. The Bertz CT molecular complexity index is 1470. The number of allylic oxidation sites excluding steroid dienone is 1. The summed E-state index contributed by atoms with van der Waals surface area (Å²) in [4.78, 5) is 52.9. The molecule has 1 fully saturated rings. The number of rotatable bonds is 6. The summed E-state index contributed by atoms with van der Waals surface area (Å²) in [5.74, 6) is -8.72. The van der Waals surface area contributed by atoms with Crippen LogP contribution in [0.3, 0.4) is 0 Å². The van der Waals surface area contributed by atoms with Crippen molar-refractivity contribution in [2.45, 2.75) is 79.4 Å². The molecule has 1 aromatic carbocycles. The fourth-order valence-electron chi connectivity index (χ4n) is 7.83. The van der Waals surface area contributed by atoms with Crippen LogP contribution in [-0.2, 0) is 30.3 Å². The number of hydrogen-bond acceptors (Lipinski definition) is 10. The summed E-state index contributed by atoms with van der Waals surface area (Å²) < 4.78 is 5.06. The highest BCUT2D eigenvalue weighted by molar-refractivity contribution is 6.24. The van der Waals surface area contributed by atoms with Gasteiger partial charge in [-0.3, -0.25) is 19.2 Å². The Morgan fingerprint density at radius 2 is 1.67 bits per heavy atom. The first-order valence-electron chi connectivity index (χ1n) is 14.3. The first kappa shape index (κ1) is 31.4. The summed E-state index contributed by atoms with van der Waals surface area (Å²) in [6.45, 7) is 12.4. The molecule has 0 amide bonds. The first-order chi connectivity index (χ1) is 19.4. The molecule has 0 bridgehead atoms. The topological polar surface area (TPSA) is 179 Å². The van der Waals surface area contributed by atoms with Gasteiger partial charge in [-0.15, -0.1) is 0 Å². The molecule has 5 N–H and O–H groups in total. The summed E-state index contributed by atoms with van der Waals surface area (Å²) in [6.07, 6.45) is -1.63. The predicted molar refractivity (Wildman–Crippen MR) is 151 cm³/mol. The van der Waals surface area contributed by atoms with Crippen molar-refractivity contribution in [3.05, 3.63) is 45.7 Å². The van der Waals surface area contributed by atoms with Crippen LogP contribution in [0.5, 0.6) is 5.75 Å². The Balaban J connectivity index is 2.03. The molecule has 0 aromatic heterocycles. The van der Waals surface area contributed by atoms with E-state index in [4.69, 9.17) is 4.74 Å². The van der Waals surface area contributed by atoms with E-state index in [-0.39, 0.29) is 24.3 Å². The number of benzene rings is 1. The van der Waals surface area contributed by atoms with Crippen LogP contribution in [0.15, 0.2) is 29.0 Å². The van der Waals surface area contributed by atoms with Crippen molar-refractivity contribution in [2.24, 2.45) is 28.6 Å². The second-order valence-corrected chi connectivity index (χ2v) is 12.7. The van der Waals surface area contributed by atoms with Crippen molar-refractivity contribution >= 4 is 29.1 Å². The molecular weight excluding hydrogens is 544 g/mol. The monoisotopic (exact) mass is 584 g/mol. The Morgan fingerprint density at radius 1 is 1.07 bits per heavy atom. The minimum Gasteiger partial charge on any atom is -0.508 e. The second kappa shape index (κ2) is 10.1. The zero-order valence-electron chi connectivity index (χ0n) is 25.2. The molecule has 0 aliphatic heterocycles. The van der Waals surface area contributed by atoms with Gasteiger partial charge in [0, 0.05) is 16.7 Å². The van der Waals surface area contributed by atoms with E-state index >= 15 is 0 Å². The number of aromatic hydroxyl groups is 1. The van der Waals surface area contributed by atoms with Crippen LogP contribution in [0, 0.1) is 28.6 Å². The van der Waals surface area contributed by atoms with Gasteiger partial charge in [0.25, 0.3) is 0 Å². The van der Waals surface area contributed by atoms with Crippen molar-refractivity contribution in [3.63, 3.8) is 0 Å². The molecule has 10 nitrogen and oxygen atoms in total. The van der Waals surface area contributed by atoms with Crippen LogP contribution in [0.2, 0.25) is 0 Å². The number of aliphatic hydroxyl groups is 4. The number of hydrogen-bond donors (Lipinski definition) is 5. The highest BCUT2D eigenvalue weighted by Crippen LogP contribution is 2.67. The normalized spacial score (nSPS) is 33.3. The summed E-state index contributed by atoms with van der Waals surface area (Å²) in [5.41, 5.74) is -7.09. The van der Waals surface area contributed by atoms with Crippen LogP contribution in [0.4, 0.5) is 0 Å². The standard InChI is InChI=1S/C32H40O10/c1-9-42-28(39)14(4)12-17-10-11-18-15(5)30(7)22(25(36)20(18)23(17)34)27(38)32(41)26(37)19(16(6)33)24(35)21(13(2)3)31(32,8)29(30)40/h10-11,13-15,21,29,34,36-37,40-41H,9,12H2,1-8H3/t14?,15-,21?,29-,30+,31+,32+/m1/s1. The zero-order valence-corrected chi connectivity index (χ0v) is 25.2. The number of ketones is 3. The molecule has 0 spiro atoms. The summed E-state index contributed by atoms with van der Waals surface area (Å²) in [6, 6.07) is 3.24. The summed E-state index contributed by atoms with van der Waals surface area (Å²) in [7, 11) is 0. The van der Waals surface area contributed by atoms with Gasteiger partial charge in [0.1, 0.15) is 22.8 Å². The number of Topliss-reactive ketones (excluding diaryl/α,β-unsaturated/α-hetero) is 3. The third-order valence-electron chi connectivity index (χ3n) is 10.1. The third kappa shape index (κ3) is 3.70. The van der Waals surface area contributed by atoms with Crippen LogP contribution >= 0.6 is 0 Å². The number of phenolic OH excluding ortho intramolecular Hbond substituents is 1. The van der Waals surface area contributed by atoms with Crippen molar-refractivity contribution in [2.75, 3.05) is 6.61 Å². The number of aliphatic hydroxyl groups excluding tert-OH is 3. The number of ether oxygens (including phenoxy) is 1. The van der Waals surface area contributed by atoms with Gasteiger partial charge in [0.15, 0.2) is 17.2 Å². The van der Waals surface area contributed by atoms with Gasteiger partial charge in [0.2, 0.25) is 5.78 Å². The molecular formula is C32H40O10. The lowest BCUT2D eigenvalue weighted by molar-refractivity contribution is -0.215. The number of esters is 1. The maximum atomic E-state index is 14.5. The molecule has 3 aliphatic carbocycles. The molecule has 3 aliphatic rings. The van der Waals surface area contributed by atoms with Gasteiger partial charge < -0.3 is 30.3 Å². The molecule has 1 saturated carbocycles. The Hall–Kier alpha value is -3.50. The average Bonchev–Trinajstić information content (AvgIpc) is 2.90. The molecule has 7 atom stereocenters. The van der Waals surface area contributed by atoms with E-state index in [0.29, 0.717) is 11.1 Å². The van der Waals surface area contributed by atoms with Crippen molar-refractivity contribution in [3.8, 4) is 5.75 Å². The predicted octanol–water partition coefficient (Wildman–Crippen LogP) is 3.46. The van der Waals surface area contributed by atoms with E-state index in [9.17, 15) is 44.7 Å². The van der Waals surface area contributed by atoms with E-state index in [1.165, 1.54) is 13.8 Å². The molecule has 42 heavy (non-hydrogen) atoms. The van der Waals surface area contributed by atoms with E-state index in [2.05, 4.69) is 0 Å². The number of carbonyl (C=O) groups is 4. The van der Waals surface area contributed by atoms with Crippen molar-refractivity contribution < 1.29 is 49.4 Å². The fraction of sp³-hybridized carbons (Fsp3) is 0.562. The quantitative estimate of drug-likeness (QED) is 0.246. The SMILES string of the molecule is CCOC(=O)C(C)Cc1ccc2c(c1O)C(O)=C1C(=O)[C@@]3(O)C(O)=C(C(C)=O)C(=O)C(C(C)C)[C@@]3(C)[C@H](O)[C@@]1(C)[C@@H]2C. The Morgan fingerprint density at radius 3 is 2.19 bits per heavy atom. The molecule has 4 rings (SSSR count). The van der Waals surface area contributed by atoms with Crippen LogP contribution in [0.1, 0.15) is 78.0 Å². The molecule has 10 heteroatoms. The number of fused-ring (bicyclic) bond motifs is 3. The van der Waals surface area contributed by atoms with Gasteiger partial charge in [-0.1, -0.05) is 53.7 Å². The molecule has 228 valence electrons. The molecule has 0 heterocycles. The fourth-order valence-corrected chi connectivity index (χ4v) is 7.83. The number of carbonyl (C=O) groups excluding carboxylic acids is 4. The lowest BCUT2D eigenvalue weighted by atomic mass is 9.40. The Kier molecular flexibility index (Phi) is 7.52. The maximum absolute atomic E-state index is 14.5. The smallest absolute Gasteiger partial charge is 0.308 e. The molecule has 0 saturated heterocycles. The van der Waals surface area contributed by atoms with Crippen LogP contribution in [-0.4, -0.2) is 67.2 Å². The van der Waals surface area contributed by atoms with Gasteiger partial charge in [-0.05, 0) is 43.2 Å². The summed E-state index contributed by atoms with van der Waals surface area (Å²) >= 11 is 0. The summed E-state index contributed by atoms with van der Waals surface area (Å²) in [5, 5.41) is 58.7. The highest BCUT2D eigenvalue weighted by Gasteiger charge is 2.77. The van der Waals surface area contributed by atoms with E-state index in [1.54, 1.807) is 46.8 Å². The molecule has 2 unspecified atom stereocenters.